The predicted molar refractivity (Wildman–Crippen MR) is 76.6 cm³/mol. The standard InChI is InChI=1S/C14H20N2O3S/c1-7-12(20-9(3)15-7)8(2)16-13(17)10-5-4-6-11(10)14(18)19/h8,10-11H,4-6H2,1-3H3,(H,16,17)(H,18,19). The van der Waals surface area contributed by atoms with Crippen LogP contribution in [0.5, 0.6) is 0 Å². The second-order valence-electron chi connectivity index (χ2n) is 5.39. The van der Waals surface area contributed by atoms with E-state index in [-0.39, 0.29) is 11.9 Å². The minimum Gasteiger partial charge on any atom is -0.481 e. The molecule has 0 radical (unpaired) electrons. The van der Waals surface area contributed by atoms with E-state index in [1.54, 1.807) is 11.3 Å². The number of thiazole rings is 1. The van der Waals surface area contributed by atoms with Crippen LogP contribution >= 0.6 is 11.3 Å². The van der Waals surface area contributed by atoms with Crippen molar-refractivity contribution in [1.82, 2.24) is 10.3 Å². The van der Waals surface area contributed by atoms with Crippen molar-refractivity contribution in [3.05, 3.63) is 15.6 Å². The molecule has 2 N–H and O–H groups in total. The predicted octanol–water partition coefficient (Wildman–Crippen LogP) is 2.44. The lowest BCUT2D eigenvalue weighted by Crippen LogP contribution is -2.36. The summed E-state index contributed by atoms with van der Waals surface area (Å²) in [7, 11) is 0. The van der Waals surface area contributed by atoms with Crippen molar-refractivity contribution >= 4 is 23.2 Å². The normalized spacial score (nSPS) is 23.6. The second-order valence-corrected chi connectivity index (χ2v) is 6.63. The molecule has 6 heteroatoms. The van der Waals surface area contributed by atoms with Gasteiger partial charge in [0, 0.05) is 4.88 Å². The Kier molecular flexibility index (Phi) is 4.42. The molecule has 1 saturated carbocycles. The molecule has 0 aromatic carbocycles. The van der Waals surface area contributed by atoms with Crippen molar-refractivity contribution in [3.63, 3.8) is 0 Å². The molecule has 1 aliphatic rings. The Morgan fingerprint density at radius 2 is 2.00 bits per heavy atom. The third kappa shape index (κ3) is 3.00. The molecule has 0 bridgehead atoms. The number of carbonyl (C=O) groups is 2. The van der Waals surface area contributed by atoms with Gasteiger partial charge in [-0.1, -0.05) is 6.42 Å². The molecule has 1 fully saturated rings. The van der Waals surface area contributed by atoms with Crippen LogP contribution in [0.25, 0.3) is 0 Å². The molecule has 20 heavy (non-hydrogen) atoms. The first-order valence-corrected chi connectivity index (χ1v) is 7.69. The van der Waals surface area contributed by atoms with Crippen molar-refractivity contribution < 1.29 is 14.7 Å². The van der Waals surface area contributed by atoms with Gasteiger partial charge in [-0.3, -0.25) is 9.59 Å². The van der Waals surface area contributed by atoms with E-state index in [1.165, 1.54) is 0 Å². The molecule has 1 aromatic heterocycles. The van der Waals surface area contributed by atoms with Gasteiger partial charge in [-0.25, -0.2) is 4.98 Å². The number of hydrogen-bond donors (Lipinski definition) is 2. The minimum absolute atomic E-state index is 0.122. The van der Waals surface area contributed by atoms with E-state index in [0.717, 1.165) is 22.0 Å². The van der Waals surface area contributed by atoms with Crippen LogP contribution in [0.3, 0.4) is 0 Å². The van der Waals surface area contributed by atoms with Crippen LogP contribution < -0.4 is 5.32 Å². The van der Waals surface area contributed by atoms with Gasteiger partial charge in [0.15, 0.2) is 0 Å². The first kappa shape index (κ1) is 15.0. The number of rotatable bonds is 4. The molecule has 3 atom stereocenters. The maximum absolute atomic E-state index is 12.3. The fourth-order valence-electron chi connectivity index (χ4n) is 2.90. The van der Waals surface area contributed by atoms with Crippen molar-refractivity contribution in [3.8, 4) is 0 Å². The monoisotopic (exact) mass is 296 g/mol. The number of nitrogens with one attached hydrogen (secondary N) is 1. The molecule has 0 saturated heterocycles. The van der Waals surface area contributed by atoms with Gasteiger partial charge in [0.1, 0.15) is 0 Å². The lowest BCUT2D eigenvalue weighted by molar-refractivity contribution is -0.146. The third-order valence-corrected chi connectivity index (χ3v) is 5.12. The molecule has 0 spiro atoms. The maximum Gasteiger partial charge on any atom is 0.307 e. The zero-order chi connectivity index (χ0) is 14.9. The summed E-state index contributed by atoms with van der Waals surface area (Å²) in [4.78, 5) is 28.8. The highest BCUT2D eigenvalue weighted by Crippen LogP contribution is 2.33. The van der Waals surface area contributed by atoms with Gasteiger partial charge in [-0.05, 0) is 33.6 Å². The number of carbonyl (C=O) groups excluding carboxylic acids is 1. The number of nitrogens with zero attached hydrogens (tertiary/aromatic N) is 1. The van der Waals surface area contributed by atoms with Gasteiger partial charge in [0.2, 0.25) is 5.91 Å². The quantitative estimate of drug-likeness (QED) is 0.894. The summed E-state index contributed by atoms with van der Waals surface area (Å²) in [5.41, 5.74) is 0.932. The number of hydrogen-bond acceptors (Lipinski definition) is 4. The van der Waals surface area contributed by atoms with E-state index in [4.69, 9.17) is 5.11 Å². The first-order chi connectivity index (χ1) is 9.40. The minimum atomic E-state index is -0.861. The summed E-state index contributed by atoms with van der Waals surface area (Å²) in [5.74, 6) is -1.94. The summed E-state index contributed by atoms with van der Waals surface area (Å²) < 4.78 is 0. The van der Waals surface area contributed by atoms with Crippen molar-refractivity contribution in [1.29, 1.82) is 0 Å². The maximum atomic E-state index is 12.3. The highest BCUT2D eigenvalue weighted by Gasteiger charge is 2.38. The van der Waals surface area contributed by atoms with Crippen LogP contribution in [0.2, 0.25) is 0 Å². The Labute approximate surface area is 122 Å². The zero-order valence-corrected chi connectivity index (χ0v) is 12.8. The van der Waals surface area contributed by atoms with E-state index in [9.17, 15) is 9.59 Å². The molecule has 3 unspecified atom stereocenters. The number of aryl methyl sites for hydroxylation is 2. The Morgan fingerprint density at radius 3 is 2.55 bits per heavy atom. The van der Waals surface area contributed by atoms with Crippen LogP contribution in [0.4, 0.5) is 0 Å². The van der Waals surface area contributed by atoms with Gasteiger partial charge in [0.25, 0.3) is 0 Å². The molecular formula is C14H20N2O3S. The molecular weight excluding hydrogens is 276 g/mol. The molecule has 5 nitrogen and oxygen atoms in total. The lowest BCUT2D eigenvalue weighted by Gasteiger charge is -2.19. The number of amides is 1. The summed E-state index contributed by atoms with van der Waals surface area (Å²) in [6, 6.07) is -0.122. The van der Waals surface area contributed by atoms with Gasteiger partial charge < -0.3 is 10.4 Å². The summed E-state index contributed by atoms with van der Waals surface area (Å²) >= 11 is 1.57. The molecule has 1 aliphatic carbocycles. The Hall–Kier alpha value is -1.43. The average molecular weight is 296 g/mol. The SMILES string of the molecule is Cc1nc(C)c(C(C)NC(=O)C2CCCC2C(=O)O)s1. The highest BCUT2D eigenvalue weighted by molar-refractivity contribution is 7.11. The van der Waals surface area contributed by atoms with Crippen LogP contribution in [0, 0.1) is 25.7 Å². The van der Waals surface area contributed by atoms with Crippen LogP contribution in [0.15, 0.2) is 0 Å². The number of carboxylic acids is 1. The molecule has 2 rings (SSSR count). The van der Waals surface area contributed by atoms with E-state index in [1.807, 2.05) is 20.8 Å². The summed E-state index contributed by atoms with van der Waals surface area (Å²) in [5, 5.41) is 13.1. The van der Waals surface area contributed by atoms with Crippen LogP contribution in [-0.4, -0.2) is 22.0 Å². The molecule has 1 heterocycles. The fourth-order valence-corrected chi connectivity index (χ4v) is 3.83. The largest absolute Gasteiger partial charge is 0.481 e. The van der Waals surface area contributed by atoms with Gasteiger partial charge in [-0.2, -0.15) is 0 Å². The van der Waals surface area contributed by atoms with Crippen LogP contribution in [0.1, 0.15) is 47.8 Å². The number of aromatic nitrogens is 1. The molecule has 1 aromatic rings. The first-order valence-electron chi connectivity index (χ1n) is 6.87. The van der Waals surface area contributed by atoms with Gasteiger partial charge in [0.05, 0.1) is 28.6 Å². The van der Waals surface area contributed by atoms with Gasteiger partial charge in [-0.15, -0.1) is 11.3 Å². The van der Waals surface area contributed by atoms with E-state index >= 15 is 0 Å². The number of carboxylic acid groups (broad SMARTS) is 1. The topological polar surface area (TPSA) is 79.3 Å². The fraction of sp³-hybridized carbons (Fsp3) is 0.643. The van der Waals surface area contributed by atoms with Gasteiger partial charge >= 0.3 is 5.97 Å². The van der Waals surface area contributed by atoms with Crippen molar-refractivity contribution in [2.75, 3.05) is 0 Å². The van der Waals surface area contributed by atoms with Crippen molar-refractivity contribution in [2.24, 2.45) is 11.8 Å². The molecule has 110 valence electrons. The number of aliphatic carboxylic acids is 1. The average Bonchev–Trinajstić information content (AvgIpc) is 2.95. The van der Waals surface area contributed by atoms with E-state index in [2.05, 4.69) is 10.3 Å². The van der Waals surface area contributed by atoms with Crippen molar-refractivity contribution in [2.45, 2.75) is 46.1 Å². The lowest BCUT2D eigenvalue weighted by atomic mass is 9.95. The Morgan fingerprint density at radius 1 is 1.35 bits per heavy atom. The zero-order valence-electron chi connectivity index (χ0n) is 12.0. The summed E-state index contributed by atoms with van der Waals surface area (Å²) in [6.45, 7) is 5.78. The van der Waals surface area contributed by atoms with E-state index < -0.39 is 17.8 Å². The summed E-state index contributed by atoms with van der Waals surface area (Å²) in [6.07, 6.45) is 2.07. The highest BCUT2D eigenvalue weighted by atomic mass is 32.1. The molecule has 0 aliphatic heterocycles. The second kappa shape index (κ2) is 5.91. The van der Waals surface area contributed by atoms with E-state index in [0.29, 0.717) is 12.8 Å². The Bertz CT molecular complexity index is 526. The molecule has 1 amide bonds. The van der Waals surface area contributed by atoms with Crippen LogP contribution in [-0.2, 0) is 9.59 Å². The third-order valence-electron chi connectivity index (χ3n) is 3.86. The smallest absolute Gasteiger partial charge is 0.307 e. The Balaban J connectivity index is 2.04.